The number of aryl methyl sites for hydroxylation is 1. The van der Waals surface area contributed by atoms with Gasteiger partial charge in [0.15, 0.2) is 0 Å². The van der Waals surface area contributed by atoms with E-state index in [-0.39, 0.29) is 12.0 Å². The monoisotopic (exact) mass is 305 g/mol. The molecule has 0 aliphatic rings. The van der Waals surface area contributed by atoms with Crippen LogP contribution in [0.25, 0.3) is 0 Å². The van der Waals surface area contributed by atoms with Gasteiger partial charge in [-0.15, -0.1) is 0 Å². The first-order chi connectivity index (χ1) is 10.6. The van der Waals surface area contributed by atoms with E-state index in [1.54, 1.807) is 0 Å². The molecule has 0 radical (unpaired) electrons. The van der Waals surface area contributed by atoms with Crippen LogP contribution in [0.2, 0.25) is 0 Å². The second-order valence-corrected chi connectivity index (χ2v) is 5.50. The maximum atomic E-state index is 11.1. The summed E-state index contributed by atoms with van der Waals surface area (Å²) in [6.07, 6.45) is 4.01. The van der Waals surface area contributed by atoms with Crippen LogP contribution in [-0.4, -0.2) is 25.4 Å². The molecule has 0 fully saturated rings. The van der Waals surface area contributed by atoms with Crippen LogP contribution in [0, 0.1) is 5.41 Å². The van der Waals surface area contributed by atoms with Gasteiger partial charge in [0.2, 0.25) is 6.61 Å². The third-order valence-corrected chi connectivity index (χ3v) is 4.47. The van der Waals surface area contributed by atoms with E-state index < -0.39 is 5.97 Å². The zero-order valence-corrected chi connectivity index (χ0v) is 14.1. The fraction of sp³-hybridized carbons (Fsp3) is 0.556. The lowest BCUT2D eigenvalue weighted by Crippen LogP contribution is -2.29. The maximum Gasteiger partial charge on any atom is 0.346 e. The highest BCUT2D eigenvalue weighted by Gasteiger charge is 2.30. The summed E-state index contributed by atoms with van der Waals surface area (Å²) in [5, 5.41) is 4.15. The largest absolute Gasteiger partial charge is 0.466 e. The summed E-state index contributed by atoms with van der Waals surface area (Å²) < 4.78 is 4.54. The predicted molar refractivity (Wildman–Crippen MR) is 88.9 cm³/mol. The molecule has 22 heavy (non-hydrogen) atoms. The predicted octanol–water partition coefficient (Wildman–Crippen LogP) is 3.99. The third kappa shape index (κ3) is 5.17. The molecular formula is C18H27NO3. The van der Waals surface area contributed by atoms with Crippen LogP contribution in [0.4, 0.5) is 0 Å². The first-order valence-electron chi connectivity index (χ1n) is 7.85. The van der Waals surface area contributed by atoms with Crippen LogP contribution in [0.1, 0.15) is 45.6 Å². The van der Waals surface area contributed by atoms with Crippen molar-refractivity contribution in [3.05, 3.63) is 35.9 Å². The molecule has 0 aliphatic carbocycles. The van der Waals surface area contributed by atoms with E-state index in [2.05, 4.69) is 48.0 Å². The lowest BCUT2D eigenvalue weighted by Gasteiger charge is -2.31. The van der Waals surface area contributed by atoms with Crippen LogP contribution < -0.4 is 0 Å². The Morgan fingerprint density at radius 2 is 1.82 bits per heavy atom. The van der Waals surface area contributed by atoms with Crippen molar-refractivity contribution in [2.24, 2.45) is 10.6 Å². The number of hydrogen-bond acceptors (Lipinski definition) is 4. The number of methoxy groups -OCH3 is 1. The molecule has 1 rings (SSSR count). The normalized spacial score (nSPS) is 12.1. The molecule has 4 heteroatoms. The second-order valence-electron chi connectivity index (χ2n) is 5.50. The molecule has 0 aromatic heterocycles. The van der Waals surface area contributed by atoms with Crippen molar-refractivity contribution < 1.29 is 14.4 Å². The molecule has 0 atom stereocenters. The molecule has 0 unspecified atom stereocenters. The first kappa shape index (κ1) is 18.2. The minimum atomic E-state index is -0.417. The topological polar surface area (TPSA) is 47.9 Å². The van der Waals surface area contributed by atoms with Gasteiger partial charge in [-0.05, 0) is 38.2 Å². The molecule has 0 amide bonds. The van der Waals surface area contributed by atoms with E-state index in [4.69, 9.17) is 4.84 Å². The van der Waals surface area contributed by atoms with Gasteiger partial charge >= 0.3 is 5.97 Å². The van der Waals surface area contributed by atoms with Gasteiger partial charge in [0.05, 0.1) is 12.8 Å². The second kappa shape index (κ2) is 9.23. The summed E-state index contributed by atoms with van der Waals surface area (Å²) in [5.41, 5.74) is 2.28. The molecule has 0 spiro atoms. The Morgan fingerprint density at radius 1 is 1.18 bits per heavy atom. The van der Waals surface area contributed by atoms with E-state index in [1.165, 1.54) is 12.7 Å². The number of carbonyl (C=O) groups excluding carboxylic acids is 1. The van der Waals surface area contributed by atoms with E-state index in [9.17, 15) is 4.79 Å². The molecule has 1 aromatic rings. The summed E-state index contributed by atoms with van der Waals surface area (Å²) in [5.74, 6) is -0.417. The van der Waals surface area contributed by atoms with E-state index in [0.29, 0.717) is 0 Å². The van der Waals surface area contributed by atoms with Crippen molar-refractivity contribution in [1.82, 2.24) is 0 Å². The number of nitrogens with zero attached hydrogens (tertiary/aromatic N) is 1. The number of esters is 1. The summed E-state index contributed by atoms with van der Waals surface area (Å²) >= 11 is 0. The minimum absolute atomic E-state index is 0.00591. The summed E-state index contributed by atoms with van der Waals surface area (Å²) in [6.45, 7) is 6.19. The third-order valence-electron chi connectivity index (χ3n) is 4.47. The minimum Gasteiger partial charge on any atom is -0.466 e. The standard InChI is InChI=1S/C18H27NO3/c1-5-18(6-2,13-12-16-10-8-7-9-11-16)15(3)19-22-14-17(20)21-4/h7-11H,5-6,12-14H2,1-4H3/b19-15+. The van der Waals surface area contributed by atoms with Gasteiger partial charge < -0.3 is 9.57 Å². The van der Waals surface area contributed by atoms with Gasteiger partial charge in [0.1, 0.15) is 0 Å². The number of benzene rings is 1. The average Bonchev–Trinajstić information content (AvgIpc) is 2.57. The van der Waals surface area contributed by atoms with Crippen LogP contribution in [-0.2, 0) is 20.8 Å². The van der Waals surface area contributed by atoms with Crippen molar-refractivity contribution in [3.8, 4) is 0 Å². The van der Waals surface area contributed by atoms with Gasteiger partial charge in [-0.3, -0.25) is 0 Å². The van der Waals surface area contributed by atoms with Gasteiger partial charge in [-0.1, -0.05) is 49.3 Å². The molecule has 0 saturated heterocycles. The van der Waals surface area contributed by atoms with Gasteiger partial charge in [-0.25, -0.2) is 4.79 Å². The van der Waals surface area contributed by atoms with Crippen LogP contribution in [0.3, 0.4) is 0 Å². The fourth-order valence-corrected chi connectivity index (χ4v) is 2.66. The van der Waals surface area contributed by atoms with E-state index >= 15 is 0 Å². The Labute approximate surface area is 133 Å². The van der Waals surface area contributed by atoms with Gasteiger partial charge in [0, 0.05) is 5.41 Å². The number of rotatable bonds is 9. The van der Waals surface area contributed by atoms with Crippen molar-refractivity contribution in [1.29, 1.82) is 0 Å². The Kier molecular flexibility index (Phi) is 7.64. The average molecular weight is 305 g/mol. The summed E-state index contributed by atoms with van der Waals surface area (Å²) in [4.78, 5) is 16.2. The number of carbonyl (C=O) groups is 1. The number of ether oxygens (including phenoxy) is 1. The van der Waals surface area contributed by atoms with E-state index in [1.807, 2.05) is 13.0 Å². The highest BCUT2D eigenvalue weighted by Crippen LogP contribution is 2.34. The van der Waals surface area contributed by atoms with Crippen molar-refractivity contribution in [2.75, 3.05) is 13.7 Å². The smallest absolute Gasteiger partial charge is 0.346 e. The van der Waals surface area contributed by atoms with Crippen LogP contribution in [0.5, 0.6) is 0 Å². The van der Waals surface area contributed by atoms with E-state index in [0.717, 1.165) is 31.4 Å². The Balaban J connectivity index is 2.71. The molecule has 1 aromatic carbocycles. The Hall–Kier alpha value is -1.84. The molecule has 0 heterocycles. The summed E-state index contributed by atoms with van der Waals surface area (Å²) in [7, 11) is 1.34. The molecule has 4 nitrogen and oxygen atoms in total. The quantitative estimate of drug-likeness (QED) is 0.394. The zero-order chi connectivity index (χ0) is 16.4. The summed E-state index contributed by atoms with van der Waals surface area (Å²) in [6, 6.07) is 10.5. The lowest BCUT2D eigenvalue weighted by molar-refractivity contribution is -0.145. The zero-order valence-electron chi connectivity index (χ0n) is 14.1. The van der Waals surface area contributed by atoms with Crippen molar-refractivity contribution in [2.45, 2.75) is 46.5 Å². The van der Waals surface area contributed by atoms with Crippen LogP contribution in [0.15, 0.2) is 35.5 Å². The Bertz CT molecular complexity index is 478. The molecule has 122 valence electrons. The number of hydrogen-bond donors (Lipinski definition) is 0. The first-order valence-corrected chi connectivity index (χ1v) is 7.85. The molecule has 0 N–H and O–H groups in total. The van der Waals surface area contributed by atoms with Gasteiger partial charge in [0.25, 0.3) is 0 Å². The maximum absolute atomic E-state index is 11.1. The van der Waals surface area contributed by atoms with Crippen molar-refractivity contribution >= 4 is 11.7 Å². The lowest BCUT2D eigenvalue weighted by atomic mass is 9.74. The molecule has 0 aliphatic heterocycles. The highest BCUT2D eigenvalue weighted by atomic mass is 16.6. The van der Waals surface area contributed by atoms with Crippen LogP contribution >= 0.6 is 0 Å². The van der Waals surface area contributed by atoms with Crippen molar-refractivity contribution in [3.63, 3.8) is 0 Å². The highest BCUT2D eigenvalue weighted by molar-refractivity contribution is 5.87. The van der Waals surface area contributed by atoms with Gasteiger partial charge in [-0.2, -0.15) is 0 Å². The molecule has 0 bridgehead atoms. The number of oxime groups is 1. The SMILES string of the molecule is CCC(CC)(CCc1ccccc1)/C(C)=N/OCC(=O)OC. The fourth-order valence-electron chi connectivity index (χ4n) is 2.66. The molecule has 0 saturated carbocycles. The Morgan fingerprint density at radius 3 is 2.36 bits per heavy atom. The molecular weight excluding hydrogens is 278 g/mol.